The number of hydrogen-bond acceptors (Lipinski definition) is 4. The van der Waals surface area contributed by atoms with E-state index >= 15 is 0 Å². The maximum atomic E-state index is 6.02. The summed E-state index contributed by atoms with van der Waals surface area (Å²) in [5, 5.41) is 0. The molecule has 0 radical (unpaired) electrons. The third kappa shape index (κ3) is 5.02. The number of anilines is 1. The van der Waals surface area contributed by atoms with E-state index in [2.05, 4.69) is 42.9 Å². The first-order valence-corrected chi connectivity index (χ1v) is 9.06. The zero-order valence-electron chi connectivity index (χ0n) is 16.1. The average Bonchev–Trinajstić information content (AvgIpc) is 2.70. The third-order valence-electron chi connectivity index (χ3n) is 4.63. The van der Waals surface area contributed by atoms with E-state index in [9.17, 15) is 0 Å². The lowest BCUT2D eigenvalue weighted by molar-refractivity contribution is 0.283. The minimum absolute atomic E-state index is 0.525. The lowest BCUT2D eigenvalue weighted by Crippen LogP contribution is -2.20. The molecule has 4 heteroatoms. The molecule has 0 unspecified atom stereocenters. The van der Waals surface area contributed by atoms with Crippen molar-refractivity contribution in [2.45, 2.75) is 27.0 Å². The standard InChI is InChI=1S/C23H26N2O2/c1-17-8-7-9-20(18(17)2)16-27-22-13-12-19(14-23(22)26-3)15-24-25-21-10-5-4-6-11-21/h4-14,24-25H,15-16H2,1-3H3. The summed E-state index contributed by atoms with van der Waals surface area (Å²) in [5.74, 6) is 1.48. The number of para-hydroxylation sites is 1. The second kappa shape index (κ2) is 9.10. The van der Waals surface area contributed by atoms with Crippen LogP contribution >= 0.6 is 0 Å². The highest BCUT2D eigenvalue weighted by Crippen LogP contribution is 2.29. The van der Waals surface area contributed by atoms with Gasteiger partial charge in [0, 0.05) is 12.2 Å². The van der Waals surface area contributed by atoms with Gasteiger partial charge in [-0.05, 0) is 60.4 Å². The summed E-state index contributed by atoms with van der Waals surface area (Å²) >= 11 is 0. The molecule has 0 fully saturated rings. The molecule has 0 amide bonds. The van der Waals surface area contributed by atoms with Crippen molar-refractivity contribution in [3.63, 3.8) is 0 Å². The molecule has 3 aromatic rings. The predicted molar refractivity (Wildman–Crippen MR) is 110 cm³/mol. The van der Waals surface area contributed by atoms with E-state index in [4.69, 9.17) is 9.47 Å². The van der Waals surface area contributed by atoms with Crippen molar-refractivity contribution in [2.24, 2.45) is 0 Å². The molecule has 0 aliphatic carbocycles. The van der Waals surface area contributed by atoms with Gasteiger partial charge in [0.15, 0.2) is 11.5 Å². The van der Waals surface area contributed by atoms with E-state index in [0.717, 1.165) is 22.7 Å². The van der Waals surface area contributed by atoms with Crippen LogP contribution in [0.5, 0.6) is 11.5 Å². The fourth-order valence-electron chi connectivity index (χ4n) is 2.83. The molecule has 0 aliphatic heterocycles. The number of methoxy groups -OCH3 is 1. The zero-order valence-corrected chi connectivity index (χ0v) is 16.1. The lowest BCUT2D eigenvalue weighted by Gasteiger charge is -2.14. The van der Waals surface area contributed by atoms with Crippen molar-refractivity contribution in [1.82, 2.24) is 5.43 Å². The van der Waals surface area contributed by atoms with Crippen LogP contribution in [-0.2, 0) is 13.2 Å². The highest BCUT2D eigenvalue weighted by Gasteiger charge is 2.08. The predicted octanol–water partition coefficient (Wildman–Crippen LogP) is 5.01. The van der Waals surface area contributed by atoms with Crippen molar-refractivity contribution in [3.8, 4) is 11.5 Å². The molecule has 2 N–H and O–H groups in total. The Morgan fingerprint density at radius 1 is 0.852 bits per heavy atom. The van der Waals surface area contributed by atoms with Crippen LogP contribution in [0.3, 0.4) is 0 Å². The van der Waals surface area contributed by atoms with Gasteiger partial charge >= 0.3 is 0 Å². The molecule has 0 spiro atoms. The van der Waals surface area contributed by atoms with Crippen LogP contribution in [-0.4, -0.2) is 7.11 Å². The van der Waals surface area contributed by atoms with Gasteiger partial charge in [0.05, 0.1) is 7.11 Å². The highest BCUT2D eigenvalue weighted by molar-refractivity contribution is 5.44. The Morgan fingerprint density at radius 3 is 2.44 bits per heavy atom. The van der Waals surface area contributed by atoms with Crippen LogP contribution in [0.25, 0.3) is 0 Å². The monoisotopic (exact) mass is 362 g/mol. The van der Waals surface area contributed by atoms with Crippen molar-refractivity contribution in [3.05, 3.63) is 89.0 Å². The average molecular weight is 362 g/mol. The minimum Gasteiger partial charge on any atom is -0.493 e. The van der Waals surface area contributed by atoms with Gasteiger partial charge in [-0.1, -0.05) is 42.5 Å². The fraction of sp³-hybridized carbons (Fsp3) is 0.217. The zero-order chi connectivity index (χ0) is 19.1. The third-order valence-corrected chi connectivity index (χ3v) is 4.63. The molecule has 0 saturated carbocycles. The Hall–Kier alpha value is -2.98. The van der Waals surface area contributed by atoms with Gasteiger partial charge in [0.25, 0.3) is 0 Å². The van der Waals surface area contributed by atoms with Crippen LogP contribution in [0.1, 0.15) is 22.3 Å². The Bertz CT molecular complexity index is 879. The first-order chi connectivity index (χ1) is 13.2. The molecule has 27 heavy (non-hydrogen) atoms. The molecule has 0 aromatic heterocycles. The molecule has 0 aliphatic rings. The molecular formula is C23H26N2O2. The SMILES string of the molecule is COc1cc(CNNc2ccccc2)ccc1OCc1cccc(C)c1C. The van der Waals surface area contributed by atoms with E-state index in [1.54, 1.807) is 7.11 Å². The normalized spacial score (nSPS) is 10.5. The summed E-state index contributed by atoms with van der Waals surface area (Å²) < 4.78 is 11.5. The summed E-state index contributed by atoms with van der Waals surface area (Å²) in [5.41, 5.74) is 12.3. The van der Waals surface area contributed by atoms with Crippen LogP contribution in [0, 0.1) is 13.8 Å². The molecule has 4 nitrogen and oxygen atoms in total. The van der Waals surface area contributed by atoms with Crippen molar-refractivity contribution in [2.75, 3.05) is 12.5 Å². The molecule has 3 aromatic carbocycles. The summed E-state index contributed by atoms with van der Waals surface area (Å²) in [6.45, 7) is 5.43. The first-order valence-electron chi connectivity index (χ1n) is 9.06. The Morgan fingerprint density at radius 2 is 1.67 bits per heavy atom. The summed E-state index contributed by atoms with van der Waals surface area (Å²) in [7, 11) is 1.67. The van der Waals surface area contributed by atoms with Crippen LogP contribution in [0.4, 0.5) is 5.69 Å². The molecule has 0 heterocycles. The fourth-order valence-corrected chi connectivity index (χ4v) is 2.83. The Labute approximate surface area is 161 Å². The van der Waals surface area contributed by atoms with E-state index in [0.29, 0.717) is 13.2 Å². The van der Waals surface area contributed by atoms with E-state index < -0.39 is 0 Å². The number of hydrogen-bond donors (Lipinski definition) is 2. The number of nitrogens with one attached hydrogen (secondary N) is 2. The molecular weight excluding hydrogens is 336 g/mol. The van der Waals surface area contributed by atoms with Gasteiger partial charge in [0.2, 0.25) is 0 Å². The number of hydrazine groups is 1. The quantitative estimate of drug-likeness (QED) is 0.553. The summed E-state index contributed by atoms with van der Waals surface area (Å²) in [6, 6.07) is 22.3. The van der Waals surface area contributed by atoms with Crippen molar-refractivity contribution < 1.29 is 9.47 Å². The van der Waals surface area contributed by atoms with Crippen molar-refractivity contribution >= 4 is 5.69 Å². The first kappa shape index (κ1) is 18.8. The molecule has 140 valence electrons. The van der Waals surface area contributed by atoms with Crippen LogP contribution in [0.15, 0.2) is 66.7 Å². The molecule has 0 bridgehead atoms. The number of rotatable bonds is 8. The van der Waals surface area contributed by atoms with Gasteiger partial charge in [-0.25, -0.2) is 5.43 Å². The second-order valence-electron chi connectivity index (χ2n) is 6.48. The van der Waals surface area contributed by atoms with Crippen molar-refractivity contribution in [1.29, 1.82) is 0 Å². The van der Waals surface area contributed by atoms with Gasteiger partial charge in [-0.3, -0.25) is 0 Å². The highest BCUT2D eigenvalue weighted by atomic mass is 16.5. The van der Waals surface area contributed by atoms with E-state index in [-0.39, 0.29) is 0 Å². The van der Waals surface area contributed by atoms with Gasteiger partial charge in [-0.15, -0.1) is 0 Å². The number of ether oxygens (including phenoxy) is 2. The van der Waals surface area contributed by atoms with Gasteiger partial charge < -0.3 is 14.9 Å². The molecule has 0 saturated heterocycles. The Kier molecular flexibility index (Phi) is 6.34. The minimum atomic E-state index is 0.525. The number of benzene rings is 3. The maximum Gasteiger partial charge on any atom is 0.161 e. The lowest BCUT2D eigenvalue weighted by atomic mass is 10.0. The van der Waals surface area contributed by atoms with Crippen LogP contribution < -0.4 is 20.3 Å². The second-order valence-corrected chi connectivity index (χ2v) is 6.48. The number of aryl methyl sites for hydroxylation is 1. The topological polar surface area (TPSA) is 42.5 Å². The summed E-state index contributed by atoms with van der Waals surface area (Å²) in [6.07, 6.45) is 0. The van der Waals surface area contributed by atoms with E-state index in [1.807, 2.05) is 48.5 Å². The molecule has 3 rings (SSSR count). The van der Waals surface area contributed by atoms with Gasteiger partial charge in [-0.2, -0.15) is 0 Å². The largest absolute Gasteiger partial charge is 0.493 e. The van der Waals surface area contributed by atoms with Crippen LogP contribution in [0.2, 0.25) is 0 Å². The summed E-state index contributed by atoms with van der Waals surface area (Å²) in [4.78, 5) is 0. The maximum absolute atomic E-state index is 6.02. The molecule has 0 atom stereocenters. The smallest absolute Gasteiger partial charge is 0.161 e. The van der Waals surface area contributed by atoms with Gasteiger partial charge in [0.1, 0.15) is 6.61 Å². The van der Waals surface area contributed by atoms with E-state index in [1.165, 1.54) is 16.7 Å². The Balaban J connectivity index is 1.61.